The van der Waals surface area contributed by atoms with Crippen LogP contribution in [-0.4, -0.2) is 25.8 Å². The minimum Gasteiger partial charge on any atom is -0.341 e. The summed E-state index contributed by atoms with van der Waals surface area (Å²) < 4.78 is 2.20. The van der Waals surface area contributed by atoms with E-state index in [4.69, 9.17) is 0 Å². The Morgan fingerprint density at radius 2 is 0.923 bits per heavy atom. The van der Waals surface area contributed by atoms with E-state index in [1.165, 1.54) is 27.5 Å². The van der Waals surface area contributed by atoms with Gasteiger partial charge in [0.25, 0.3) is 0 Å². The molecule has 190 valence electrons. The Hall–Kier alpha value is -4.41. The van der Waals surface area contributed by atoms with Crippen LogP contribution in [0.15, 0.2) is 170 Å². The van der Waals surface area contributed by atoms with E-state index in [-0.39, 0.29) is 9.52 Å². The molecule has 0 N–H and O–H groups in total. The molecule has 2 nitrogen and oxygen atoms in total. The van der Waals surface area contributed by atoms with Crippen molar-refractivity contribution in [1.29, 1.82) is 0 Å². The van der Waals surface area contributed by atoms with Gasteiger partial charge in [-0.05, 0) is 16.7 Å². The Kier molecular flexibility index (Phi) is 9.37. The number of aromatic nitrogens is 2. The molecule has 6 aromatic rings. The summed E-state index contributed by atoms with van der Waals surface area (Å²) in [6.45, 7) is 0.309. The molecule has 0 amide bonds. The molecule has 6 rings (SSSR count). The van der Waals surface area contributed by atoms with Crippen LogP contribution in [0.4, 0.5) is 0 Å². The highest BCUT2D eigenvalue weighted by Gasteiger charge is 2.20. The lowest BCUT2D eigenvalue weighted by molar-refractivity contribution is 0.858. The number of hydrogen-bond acceptors (Lipinski definition) is 1. The van der Waals surface area contributed by atoms with E-state index in [0.717, 1.165) is 6.17 Å². The zero-order valence-corrected chi connectivity index (χ0v) is 23.5. The molecular formula is C35H33BN2Si. The largest absolute Gasteiger partial charge is 0.341 e. The van der Waals surface area contributed by atoms with Crippen molar-refractivity contribution in [3.63, 3.8) is 0 Å². The van der Waals surface area contributed by atoms with E-state index in [9.17, 15) is 0 Å². The first-order valence-electron chi connectivity index (χ1n) is 13.6. The van der Waals surface area contributed by atoms with Crippen molar-refractivity contribution in [2.75, 3.05) is 0 Å². The topological polar surface area (TPSA) is 17.8 Å². The minimum absolute atomic E-state index is 0.309. The van der Waals surface area contributed by atoms with E-state index in [0.29, 0.717) is 12.3 Å². The Balaban J connectivity index is 0.000000158. The average Bonchev–Trinajstić information content (AvgIpc) is 3.54. The van der Waals surface area contributed by atoms with Crippen LogP contribution in [-0.2, 0) is 6.17 Å². The first kappa shape index (κ1) is 26.2. The van der Waals surface area contributed by atoms with Gasteiger partial charge in [0.1, 0.15) is 0 Å². The van der Waals surface area contributed by atoms with Crippen molar-refractivity contribution in [3.05, 3.63) is 182 Å². The number of rotatable bonds is 8. The highest BCUT2D eigenvalue weighted by molar-refractivity contribution is 6.95. The molecule has 4 heteroatoms. The Morgan fingerprint density at radius 3 is 1.28 bits per heavy atom. The first-order valence-corrected chi connectivity index (χ1v) is 15.4. The lowest BCUT2D eigenvalue weighted by Gasteiger charge is -2.17. The maximum absolute atomic E-state index is 4.13. The Labute approximate surface area is 234 Å². The Morgan fingerprint density at radius 1 is 0.538 bits per heavy atom. The van der Waals surface area contributed by atoms with Crippen LogP contribution in [0.3, 0.4) is 0 Å². The van der Waals surface area contributed by atoms with Crippen LogP contribution >= 0.6 is 0 Å². The number of imidazole rings is 1. The highest BCUT2D eigenvalue weighted by Crippen LogP contribution is 2.23. The maximum Gasteiger partial charge on any atom is 0.241 e. The van der Waals surface area contributed by atoms with Gasteiger partial charge in [-0.15, -0.1) is 0 Å². The molecule has 5 aromatic carbocycles. The molecular weight excluding hydrogens is 487 g/mol. The quantitative estimate of drug-likeness (QED) is 0.258. The predicted octanol–water partition coefficient (Wildman–Crippen LogP) is 5.00. The predicted molar refractivity (Wildman–Crippen MR) is 169 cm³/mol. The van der Waals surface area contributed by atoms with Crippen LogP contribution in [0.2, 0.25) is 0 Å². The maximum atomic E-state index is 4.13. The zero-order valence-electron chi connectivity index (χ0n) is 22.1. The van der Waals surface area contributed by atoms with E-state index in [2.05, 4.69) is 167 Å². The fourth-order valence-electron chi connectivity index (χ4n) is 5.11. The molecule has 0 radical (unpaired) electrons. The van der Waals surface area contributed by atoms with Crippen molar-refractivity contribution in [2.24, 2.45) is 0 Å². The third-order valence-electron chi connectivity index (χ3n) is 7.04. The lowest BCUT2D eigenvalue weighted by Crippen LogP contribution is -2.51. The van der Waals surface area contributed by atoms with Crippen LogP contribution in [0.25, 0.3) is 0 Å². The molecule has 0 atom stereocenters. The van der Waals surface area contributed by atoms with Gasteiger partial charge in [0.05, 0.1) is 15.8 Å². The molecule has 0 saturated carbocycles. The third-order valence-corrected chi connectivity index (χ3v) is 9.33. The molecule has 0 fully saturated rings. The van der Waals surface area contributed by atoms with Gasteiger partial charge in [0.15, 0.2) is 0 Å². The number of hydrogen-bond donors (Lipinski definition) is 0. The first-order chi connectivity index (χ1) is 19.4. The highest BCUT2D eigenvalue weighted by atomic mass is 28.2. The van der Waals surface area contributed by atoms with Crippen molar-refractivity contribution >= 4 is 32.6 Å². The SMILES string of the molecule is c1ccc(B(c2ccccc2)c2ccccc2)cc1.c1ccc(C([SiH2]Cn2ccnc2)c2ccccc2)cc1. The summed E-state index contributed by atoms with van der Waals surface area (Å²) in [6.07, 6.45) is 6.95. The van der Waals surface area contributed by atoms with Gasteiger partial charge in [0.2, 0.25) is 6.71 Å². The lowest BCUT2D eigenvalue weighted by atomic mass is 9.37. The summed E-state index contributed by atoms with van der Waals surface area (Å²) in [5.41, 5.74) is 7.44. The third kappa shape index (κ3) is 7.34. The summed E-state index contributed by atoms with van der Waals surface area (Å²) in [4.78, 5) is 4.13. The van der Waals surface area contributed by atoms with Crippen molar-refractivity contribution in [2.45, 2.75) is 11.7 Å². The number of nitrogens with zero attached hydrogens (tertiary/aromatic N) is 2. The molecule has 0 saturated heterocycles. The number of benzene rings is 5. The molecule has 0 aliphatic carbocycles. The van der Waals surface area contributed by atoms with Gasteiger partial charge in [-0.3, -0.25) is 0 Å². The second kappa shape index (κ2) is 13.9. The summed E-state index contributed by atoms with van der Waals surface area (Å²) in [5.74, 6) is 0. The van der Waals surface area contributed by atoms with Gasteiger partial charge >= 0.3 is 0 Å². The molecule has 0 unspecified atom stereocenters. The van der Waals surface area contributed by atoms with Crippen molar-refractivity contribution in [3.8, 4) is 0 Å². The van der Waals surface area contributed by atoms with E-state index in [1.807, 2.05) is 12.5 Å². The molecule has 0 spiro atoms. The van der Waals surface area contributed by atoms with Gasteiger partial charge in [-0.25, -0.2) is 4.98 Å². The standard InChI is InChI=1S/C18H15B.C17H18N2Si/c1-4-10-16(11-5-1)19(17-12-6-2-7-13-17)18-14-8-3-9-15-18;1-3-7-15(8-4-1)17(16-9-5-2-6-10-16)20-14-19-12-11-18-13-19/h1-15H;1-13,17H,14,20H2. The summed E-state index contributed by atoms with van der Waals surface area (Å²) >= 11 is 0. The summed E-state index contributed by atoms with van der Waals surface area (Å²) in [5, 5.41) is 0. The second-order valence-electron chi connectivity index (χ2n) is 9.63. The molecule has 1 aromatic heterocycles. The molecule has 0 bridgehead atoms. The Bertz CT molecular complexity index is 1340. The van der Waals surface area contributed by atoms with Crippen LogP contribution < -0.4 is 16.4 Å². The van der Waals surface area contributed by atoms with E-state index < -0.39 is 0 Å². The van der Waals surface area contributed by atoms with E-state index >= 15 is 0 Å². The van der Waals surface area contributed by atoms with Crippen molar-refractivity contribution < 1.29 is 0 Å². The van der Waals surface area contributed by atoms with Crippen LogP contribution in [0.1, 0.15) is 16.7 Å². The average molecular weight is 521 g/mol. The minimum atomic E-state index is -0.317. The molecule has 39 heavy (non-hydrogen) atoms. The van der Waals surface area contributed by atoms with Gasteiger partial charge in [-0.2, -0.15) is 0 Å². The summed E-state index contributed by atoms with van der Waals surface area (Å²) in [6, 6.07) is 53.7. The van der Waals surface area contributed by atoms with Crippen LogP contribution in [0.5, 0.6) is 0 Å². The molecule has 1 heterocycles. The normalized spacial score (nSPS) is 10.8. The monoisotopic (exact) mass is 520 g/mol. The smallest absolute Gasteiger partial charge is 0.241 e. The fraction of sp³-hybridized carbons (Fsp3) is 0.0571. The van der Waals surface area contributed by atoms with E-state index in [1.54, 1.807) is 0 Å². The van der Waals surface area contributed by atoms with Gasteiger partial charge in [0, 0.05) is 18.6 Å². The van der Waals surface area contributed by atoms with Gasteiger partial charge < -0.3 is 4.57 Å². The van der Waals surface area contributed by atoms with Crippen molar-refractivity contribution in [1.82, 2.24) is 9.55 Å². The second-order valence-corrected chi connectivity index (χ2v) is 11.5. The fourth-order valence-corrected chi connectivity index (χ4v) is 7.14. The summed E-state index contributed by atoms with van der Waals surface area (Å²) in [7, 11) is -0.317. The molecule has 0 aliphatic heterocycles. The zero-order chi connectivity index (χ0) is 26.5. The van der Waals surface area contributed by atoms with Crippen LogP contribution in [0, 0.1) is 0 Å². The van der Waals surface area contributed by atoms with Gasteiger partial charge in [-0.1, -0.05) is 168 Å². The molecule has 0 aliphatic rings.